The van der Waals surface area contributed by atoms with Crippen LogP contribution in [0.2, 0.25) is 0 Å². The highest BCUT2D eigenvalue weighted by Crippen LogP contribution is 2.33. The van der Waals surface area contributed by atoms with Crippen molar-refractivity contribution in [1.29, 1.82) is 0 Å². The minimum Gasteiger partial charge on any atom is -0.366 e. The van der Waals surface area contributed by atoms with Crippen molar-refractivity contribution >= 4 is 5.69 Å². The zero-order valence-electron chi connectivity index (χ0n) is 11.7. The molecule has 1 aliphatic rings. The molecule has 20 heavy (non-hydrogen) atoms. The van der Waals surface area contributed by atoms with E-state index in [0.717, 1.165) is 31.4 Å². The lowest BCUT2D eigenvalue weighted by molar-refractivity contribution is -0.137. The van der Waals surface area contributed by atoms with Gasteiger partial charge in [0.05, 0.1) is 5.56 Å². The summed E-state index contributed by atoms with van der Waals surface area (Å²) in [5.41, 5.74) is 6.37. The zero-order chi connectivity index (χ0) is 14.9. The molecule has 1 aromatic carbocycles. The molecular formula is C14H20F3N3. The number of benzene rings is 1. The molecule has 0 spiro atoms. The van der Waals surface area contributed by atoms with Gasteiger partial charge in [-0.05, 0) is 37.7 Å². The van der Waals surface area contributed by atoms with Crippen LogP contribution in [0.15, 0.2) is 18.2 Å². The molecule has 1 saturated heterocycles. The molecule has 2 N–H and O–H groups in total. The predicted octanol–water partition coefficient (Wildman–Crippen LogP) is 2.30. The third kappa shape index (κ3) is 3.07. The van der Waals surface area contributed by atoms with Gasteiger partial charge in [0, 0.05) is 37.9 Å². The van der Waals surface area contributed by atoms with Crippen molar-refractivity contribution in [1.82, 2.24) is 4.90 Å². The van der Waals surface area contributed by atoms with Gasteiger partial charge < -0.3 is 15.5 Å². The molecule has 6 heteroatoms. The predicted molar refractivity (Wildman–Crippen MR) is 73.6 cm³/mol. The summed E-state index contributed by atoms with van der Waals surface area (Å²) in [5.74, 6) is 0. The number of alkyl halides is 3. The van der Waals surface area contributed by atoms with E-state index in [9.17, 15) is 13.2 Å². The number of anilines is 1. The molecule has 1 atom stereocenters. The van der Waals surface area contributed by atoms with E-state index in [1.54, 1.807) is 6.07 Å². The molecule has 2 rings (SSSR count). The van der Waals surface area contributed by atoms with E-state index < -0.39 is 11.7 Å². The summed E-state index contributed by atoms with van der Waals surface area (Å²) >= 11 is 0. The van der Waals surface area contributed by atoms with E-state index in [4.69, 9.17) is 5.73 Å². The van der Waals surface area contributed by atoms with Crippen LogP contribution < -0.4 is 10.6 Å². The standard InChI is InChI=1S/C14H20F3N3/c1-10-9-19(2)5-6-20(10)13-4-3-12(14(15,16)17)7-11(13)8-18/h3-4,7,10H,5-6,8-9,18H2,1-2H3. The van der Waals surface area contributed by atoms with Crippen LogP contribution in [-0.2, 0) is 12.7 Å². The highest BCUT2D eigenvalue weighted by atomic mass is 19.4. The van der Waals surface area contributed by atoms with Gasteiger partial charge in [-0.3, -0.25) is 0 Å². The van der Waals surface area contributed by atoms with Gasteiger partial charge in [-0.1, -0.05) is 0 Å². The molecule has 0 bridgehead atoms. The van der Waals surface area contributed by atoms with Gasteiger partial charge in [-0.2, -0.15) is 13.2 Å². The molecular weight excluding hydrogens is 267 g/mol. The monoisotopic (exact) mass is 287 g/mol. The lowest BCUT2D eigenvalue weighted by atomic mass is 10.0. The molecule has 1 aromatic rings. The van der Waals surface area contributed by atoms with Crippen molar-refractivity contribution < 1.29 is 13.2 Å². The summed E-state index contributed by atoms with van der Waals surface area (Å²) in [5, 5.41) is 0. The topological polar surface area (TPSA) is 32.5 Å². The minimum absolute atomic E-state index is 0.109. The van der Waals surface area contributed by atoms with E-state index >= 15 is 0 Å². The first-order valence-corrected chi connectivity index (χ1v) is 6.68. The number of hydrogen-bond donors (Lipinski definition) is 1. The molecule has 1 unspecified atom stereocenters. The Bertz CT molecular complexity index is 473. The Morgan fingerprint density at radius 3 is 2.55 bits per heavy atom. The molecule has 1 aliphatic heterocycles. The van der Waals surface area contributed by atoms with Crippen LogP contribution in [0.3, 0.4) is 0 Å². The van der Waals surface area contributed by atoms with Crippen molar-refractivity contribution in [2.24, 2.45) is 5.73 Å². The van der Waals surface area contributed by atoms with Gasteiger partial charge in [-0.25, -0.2) is 0 Å². The molecule has 1 fully saturated rings. The van der Waals surface area contributed by atoms with Crippen LogP contribution >= 0.6 is 0 Å². The van der Waals surface area contributed by atoms with Crippen LogP contribution in [0.4, 0.5) is 18.9 Å². The highest BCUT2D eigenvalue weighted by Gasteiger charge is 2.32. The summed E-state index contributed by atoms with van der Waals surface area (Å²) in [7, 11) is 2.05. The number of piperazine rings is 1. The Balaban J connectivity index is 2.32. The summed E-state index contributed by atoms with van der Waals surface area (Å²) in [6.45, 7) is 4.78. The fourth-order valence-corrected chi connectivity index (χ4v) is 2.70. The van der Waals surface area contributed by atoms with Gasteiger partial charge in [0.1, 0.15) is 0 Å². The normalized spacial score (nSPS) is 21.3. The number of likely N-dealkylation sites (N-methyl/N-ethyl adjacent to an activating group) is 1. The Morgan fingerprint density at radius 2 is 2.00 bits per heavy atom. The number of nitrogens with two attached hydrogens (primary N) is 1. The summed E-state index contributed by atoms with van der Waals surface area (Å²) < 4.78 is 38.2. The first-order valence-electron chi connectivity index (χ1n) is 6.68. The van der Waals surface area contributed by atoms with Crippen LogP contribution in [0, 0.1) is 0 Å². The smallest absolute Gasteiger partial charge is 0.366 e. The van der Waals surface area contributed by atoms with E-state index in [2.05, 4.69) is 16.7 Å². The van der Waals surface area contributed by atoms with Gasteiger partial charge in [-0.15, -0.1) is 0 Å². The third-order valence-electron chi connectivity index (χ3n) is 3.77. The van der Waals surface area contributed by atoms with Crippen molar-refractivity contribution in [3.8, 4) is 0 Å². The maximum Gasteiger partial charge on any atom is 0.416 e. The van der Waals surface area contributed by atoms with Crippen LogP contribution in [0.1, 0.15) is 18.1 Å². The highest BCUT2D eigenvalue weighted by molar-refractivity contribution is 5.56. The average Bonchev–Trinajstić information content (AvgIpc) is 2.37. The largest absolute Gasteiger partial charge is 0.416 e. The maximum atomic E-state index is 12.7. The average molecular weight is 287 g/mol. The van der Waals surface area contributed by atoms with Gasteiger partial charge >= 0.3 is 6.18 Å². The second kappa shape index (κ2) is 5.61. The van der Waals surface area contributed by atoms with E-state index in [1.165, 1.54) is 6.07 Å². The number of nitrogens with zero attached hydrogens (tertiary/aromatic N) is 2. The second-order valence-corrected chi connectivity index (χ2v) is 5.35. The summed E-state index contributed by atoms with van der Waals surface area (Å²) in [4.78, 5) is 4.36. The SMILES string of the molecule is CC1CN(C)CCN1c1ccc(C(F)(F)F)cc1CN. The van der Waals surface area contributed by atoms with E-state index in [1.807, 2.05) is 7.05 Å². The first-order chi connectivity index (χ1) is 9.32. The fourth-order valence-electron chi connectivity index (χ4n) is 2.70. The van der Waals surface area contributed by atoms with E-state index in [-0.39, 0.29) is 12.6 Å². The summed E-state index contributed by atoms with van der Waals surface area (Å²) in [6, 6.07) is 4.11. The molecule has 0 radical (unpaired) electrons. The van der Waals surface area contributed by atoms with Crippen LogP contribution in [0.5, 0.6) is 0 Å². The Hall–Kier alpha value is -1.27. The molecule has 0 aromatic heterocycles. The van der Waals surface area contributed by atoms with Crippen molar-refractivity contribution in [2.45, 2.75) is 25.7 Å². The minimum atomic E-state index is -4.32. The number of halogens is 3. The molecule has 0 amide bonds. The van der Waals surface area contributed by atoms with Crippen molar-refractivity contribution in [3.05, 3.63) is 29.3 Å². The quantitative estimate of drug-likeness (QED) is 0.906. The number of rotatable bonds is 2. The molecule has 0 aliphatic carbocycles. The molecule has 112 valence electrons. The van der Waals surface area contributed by atoms with Gasteiger partial charge in [0.2, 0.25) is 0 Å². The van der Waals surface area contributed by atoms with Crippen LogP contribution in [0.25, 0.3) is 0 Å². The molecule has 0 saturated carbocycles. The second-order valence-electron chi connectivity index (χ2n) is 5.35. The molecule has 3 nitrogen and oxygen atoms in total. The fraction of sp³-hybridized carbons (Fsp3) is 0.571. The first kappa shape index (κ1) is 15.1. The molecule has 1 heterocycles. The van der Waals surface area contributed by atoms with E-state index in [0.29, 0.717) is 5.56 Å². The maximum absolute atomic E-state index is 12.7. The summed E-state index contributed by atoms with van der Waals surface area (Å²) in [6.07, 6.45) is -4.32. The Kier molecular flexibility index (Phi) is 4.25. The van der Waals surface area contributed by atoms with Crippen molar-refractivity contribution in [2.75, 3.05) is 31.6 Å². The Labute approximate surface area is 117 Å². The van der Waals surface area contributed by atoms with Gasteiger partial charge in [0.25, 0.3) is 0 Å². The number of hydrogen-bond acceptors (Lipinski definition) is 3. The van der Waals surface area contributed by atoms with Crippen LogP contribution in [-0.4, -0.2) is 37.6 Å². The van der Waals surface area contributed by atoms with Crippen molar-refractivity contribution in [3.63, 3.8) is 0 Å². The lowest BCUT2D eigenvalue weighted by Gasteiger charge is -2.40. The van der Waals surface area contributed by atoms with Gasteiger partial charge in [0.15, 0.2) is 0 Å². The zero-order valence-corrected chi connectivity index (χ0v) is 11.7. The Morgan fingerprint density at radius 1 is 1.30 bits per heavy atom. The third-order valence-corrected chi connectivity index (χ3v) is 3.77. The lowest BCUT2D eigenvalue weighted by Crippen LogP contribution is -2.50.